The Morgan fingerprint density at radius 3 is 2.75 bits per heavy atom. The minimum Gasteiger partial charge on any atom is -0.454 e. The van der Waals surface area contributed by atoms with Crippen molar-refractivity contribution in [2.45, 2.75) is 19.4 Å². The van der Waals surface area contributed by atoms with E-state index in [4.69, 9.17) is 14.5 Å². The number of ether oxygens (including phenoxy) is 2. The van der Waals surface area contributed by atoms with Crippen molar-refractivity contribution in [3.05, 3.63) is 46.2 Å². The maximum Gasteiger partial charge on any atom is 0.231 e. The smallest absolute Gasteiger partial charge is 0.231 e. The lowest BCUT2D eigenvalue weighted by atomic mass is 10.1. The predicted molar refractivity (Wildman–Crippen MR) is 126 cm³/mol. The molecule has 0 amide bonds. The van der Waals surface area contributed by atoms with Crippen LogP contribution in [0.4, 0.5) is 0 Å². The summed E-state index contributed by atoms with van der Waals surface area (Å²) in [4.78, 5) is 8.34. The molecule has 0 aliphatic carbocycles. The second kappa shape index (κ2) is 11.5. The fourth-order valence-corrected chi connectivity index (χ4v) is 3.84. The van der Waals surface area contributed by atoms with Crippen LogP contribution in [-0.2, 0) is 6.42 Å². The van der Waals surface area contributed by atoms with Crippen LogP contribution in [0, 0.1) is 0 Å². The van der Waals surface area contributed by atoms with Gasteiger partial charge in [-0.15, -0.1) is 35.3 Å². The average molecular weight is 516 g/mol. The van der Waals surface area contributed by atoms with Crippen LogP contribution < -0.4 is 20.1 Å². The predicted octanol–water partition coefficient (Wildman–Crippen LogP) is 3.50. The molecular weight excluding hydrogens is 487 g/mol. The summed E-state index contributed by atoms with van der Waals surface area (Å²) in [6.07, 6.45) is 0.892. The third kappa shape index (κ3) is 6.25. The molecule has 3 rings (SSSR count). The second-order valence-electron chi connectivity index (χ2n) is 6.58. The highest BCUT2D eigenvalue weighted by Crippen LogP contribution is 2.32. The number of hydrogen-bond acceptors (Lipinski definition) is 5. The molecule has 0 bridgehead atoms. The first-order valence-corrected chi connectivity index (χ1v) is 10.2. The molecule has 0 saturated heterocycles. The second-order valence-corrected chi connectivity index (χ2v) is 7.56. The van der Waals surface area contributed by atoms with Crippen LogP contribution >= 0.6 is 35.3 Å². The molecule has 2 aromatic rings. The van der Waals surface area contributed by atoms with Gasteiger partial charge in [0.05, 0.1) is 12.6 Å². The molecule has 154 valence electrons. The van der Waals surface area contributed by atoms with Crippen molar-refractivity contribution in [3.63, 3.8) is 0 Å². The minimum atomic E-state index is 0. The molecule has 2 N–H and O–H groups in total. The standard InChI is InChI=1S/C20H28N4O2S.HI/c1-4-21-20(23-13-16(24(2)3)19-6-5-11-27-19)22-10-9-15-7-8-17-18(12-15)26-14-25-17;/h5-8,11-12,16H,4,9-10,13-14H2,1-3H3,(H2,21,22,23);1H. The molecule has 2 heterocycles. The molecule has 1 aromatic heterocycles. The van der Waals surface area contributed by atoms with Gasteiger partial charge in [-0.25, -0.2) is 0 Å². The van der Waals surface area contributed by atoms with Gasteiger partial charge in [0.15, 0.2) is 17.5 Å². The molecule has 1 aliphatic heterocycles. The van der Waals surface area contributed by atoms with Gasteiger partial charge in [0.1, 0.15) is 0 Å². The Labute approximate surface area is 188 Å². The molecule has 28 heavy (non-hydrogen) atoms. The van der Waals surface area contributed by atoms with Crippen LogP contribution in [0.5, 0.6) is 11.5 Å². The van der Waals surface area contributed by atoms with Crippen LogP contribution in [0.25, 0.3) is 0 Å². The van der Waals surface area contributed by atoms with E-state index in [1.165, 1.54) is 10.4 Å². The summed E-state index contributed by atoms with van der Waals surface area (Å²) in [5.74, 6) is 2.50. The Morgan fingerprint density at radius 2 is 2.04 bits per heavy atom. The van der Waals surface area contributed by atoms with Crippen molar-refractivity contribution >= 4 is 41.3 Å². The maximum atomic E-state index is 5.45. The normalized spacial score (nSPS) is 13.9. The van der Waals surface area contributed by atoms with E-state index in [1.807, 2.05) is 12.1 Å². The summed E-state index contributed by atoms with van der Waals surface area (Å²) in [6.45, 7) is 4.74. The largest absolute Gasteiger partial charge is 0.454 e. The van der Waals surface area contributed by atoms with Crippen molar-refractivity contribution in [3.8, 4) is 11.5 Å². The van der Waals surface area contributed by atoms with Gasteiger partial charge in [0.25, 0.3) is 0 Å². The van der Waals surface area contributed by atoms with Crippen molar-refractivity contribution in [2.24, 2.45) is 4.99 Å². The van der Waals surface area contributed by atoms with E-state index < -0.39 is 0 Å². The highest BCUT2D eigenvalue weighted by Gasteiger charge is 2.15. The third-order valence-corrected chi connectivity index (χ3v) is 5.38. The van der Waals surface area contributed by atoms with Crippen molar-refractivity contribution in [1.29, 1.82) is 0 Å². The molecular formula is C20H29IN4O2S. The van der Waals surface area contributed by atoms with Crippen LogP contribution in [0.3, 0.4) is 0 Å². The zero-order valence-corrected chi connectivity index (χ0v) is 19.8. The number of thiophene rings is 1. The van der Waals surface area contributed by atoms with E-state index in [2.05, 4.69) is 60.1 Å². The van der Waals surface area contributed by atoms with E-state index in [-0.39, 0.29) is 30.0 Å². The molecule has 0 saturated carbocycles. The molecule has 0 fully saturated rings. The fraction of sp³-hybridized carbons (Fsp3) is 0.450. The zero-order valence-electron chi connectivity index (χ0n) is 16.6. The quantitative estimate of drug-likeness (QED) is 0.320. The van der Waals surface area contributed by atoms with E-state index in [0.717, 1.165) is 37.0 Å². The Kier molecular flexibility index (Phi) is 9.33. The number of aliphatic imine (C=N–C) groups is 1. The summed E-state index contributed by atoms with van der Waals surface area (Å²) < 4.78 is 10.8. The zero-order chi connectivity index (χ0) is 19.1. The van der Waals surface area contributed by atoms with E-state index in [1.54, 1.807) is 11.3 Å². The first-order valence-electron chi connectivity index (χ1n) is 9.28. The number of halogens is 1. The number of nitrogens with zero attached hydrogens (tertiary/aromatic N) is 2. The van der Waals surface area contributed by atoms with Gasteiger partial charge < -0.3 is 25.0 Å². The van der Waals surface area contributed by atoms with Crippen molar-refractivity contribution in [2.75, 3.05) is 40.5 Å². The summed E-state index contributed by atoms with van der Waals surface area (Å²) in [5.41, 5.74) is 1.22. The Bertz CT molecular complexity index is 753. The van der Waals surface area contributed by atoms with Crippen molar-refractivity contribution < 1.29 is 9.47 Å². The summed E-state index contributed by atoms with van der Waals surface area (Å²) >= 11 is 1.78. The average Bonchev–Trinajstić information content (AvgIpc) is 3.33. The van der Waals surface area contributed by atoms with Gasteiger partial charge in [-0.3, -0.25) is 4.99 Å². The highest BCUT2D eigenvalue weighted by atomic mass is 127. The lowest BCUT2D eigenvalue weighted by Gasteiger charge is -2.22. The maximum absolute atomic E-state index is 5.45. The molecule has 8 heteroatoms. The van der Waals surface area contributed by atoms with Gasteiger partial charge >= 0.3 is 0 Å². The van der Waals surface area contributed by atoms with Gasteiger partial charge in [0.2, 0.25) is 6.79 Å². The lowest BCUT2D eigenvalue weighted by molar-refractivity contribution is 0.174. The number of nitrogens with one attached hydrogen (secondary N) is 2. The SMILES string of the molecule is CCNC(=NCC(c1cccs1)N(C)C)NCCc1ccc2c(c1)OCO2.I. The van der Waals surface area contributed by atoms with E-state index in [0.29, 0.717) is 13.3 Å². The summed E-state index contributed by atoms with van der Waals surface area (Å²) in [6, 6.07) is 10.7. The number of benzene rings is 1. The lowest BCUT2D eigenvalue weighted by Crippen LogP contribution is -2.39. The van der Waals surface area contributed by atoms with Gasteiger partial charge in [-0.05, 0) is 56.6 Å². The van der Waals surface area contributed by atoms with Gasteiger partial charge in [-0.1, -0.05) is 12.1 Å². The Balaban J connectivity index is 0.00000280. The number of fused-ring (bicyclic) bond motifs is 1. The molecule has 0 radical (unpaired) electrons. The van der Waals surface area contributed by atoms with Gasteiger partial charge in [0, 0.05) is 18.0 Å². The minimum absolute atomic E-state index is 0. The topological polar surface area (TPSA) is 58.1 Å². The summed E-state index contributed by atoms with van der Waals surface area (Å²) in [7, 11) is 4.19. The molecule has 1 aliphatic rings. The number of rotatable bonds is 8. The Hall–Kier alpha value is -1.52. The first kappa shape index (κ1) is 22.8. The van der Waals surface area contributed by atoms with Gasteiger partial charge in [-0.2, -0.15) is 0 Å². The molecule has 1 atom stereocenters. The van der Waals surface area contributed by atoms with Crippen LogP contribution in [0.15, 0.2) is 40.7 Å². The highest BCUT2D eigenvalue weighted by molar-refractivity contribution is 14.0. The monoisotopic (exact) mass is 516 g/mol. The first-order chi connectivity index (χ1) is 13.2. The molecule has 1 unspecified atom stereocenters. The number of hydrogen-bond donors (Lipinski definition) is 2. The molecule has 6 nitrogen and oxygen atoms in total. The third-order valence-electron chi connectivity index (χ3n) is 4.40. The van der Waals surface area contributed by atoms with Crippen LogP contribution in [0.1, 0.15) is 23.4 Å². The summed E-state index contributed by atoms with van der Waals surface area (Å²) in [5, 5.41) is 8.87. The molecule has 1 aromatic carbocycles. The van der Waals surface area contributed by atoms with E-state index in [9.17, 15) is 0 Å². The van der Waals surface area contributed by atoms with E-state index >= 15 is 0 Å². The van der Waals surface area contributed by atoms with Crippen molar-refractivity contribution in [1.82, 2.24) is 15.5 Å². The number of likely N-dealkylation sites (N-methyl/N-ethyl adjacent to an activating group) is 1. The number of guanidine groups is 1. The fourth-order valence-electron chi connectivity index (χ4n) is 2.93. The van der Waals surface area contributed by atoms with Crippen LogP contribution in [-0.4, -0.2) is 51.4 Å². The van der Waals surface area contributed by atoms with Crippen LogP contribution in [0.2, 0.25) is 0 Å². The molecule has 0 spiro atoms. The Morgan fingerprint density at radius 1 is 1.21 bits per heavy atom.